The Kier molecular flexibility index (Phi) is 3.20. The van der Waals surface area contributed by atoms with Crippen molar-refractivity contribution in [2.24, 2.45) is 5.92 Å². The fraction of sp³-hybridized carbons (Fsp3) is 0.750. The molecule has 0 unspecified atom stereocenters. The van der Waals surface area contributed by atoms with Gasteiger partial charge in [0.15, 0.2) is 0 Å². The molecule has 0 nitrogen and oxygen atoms in total. The smallest absolute Gasteiger partial charge is 0.0110 e. The minimum Gasteiger partial charge on any atom is -0.158 e. The number of hydrogen-bond acceptors (Lipinski definition) is 1. The van der Waals surface area contributed by atoms with Gasteiger partial charge in [-0.15, -0.1) is 6.58 Å². The summed E-state index contributed by atoms with van der Waals surface area (Å²) in [7, 11) is 0. The Labute approximate surface area is 61.7 Å². The van der Waals surface area contributed by atoms with Crippen molar-refractivity contribution in [3.63, 3.8) is 0 Å². The molecular weight excluding hydrogens is 128 g/mol. The molecule has 0 aromatic heterocycles. The zero-order valence-corrected chi connectivity index (χ0v) is 6.62. The monoisotopic (exact) mass is 142 g/mol. The Morgan fingerprint density at radius 1 is 1.56 bits per heavy atom. The summed E-state index contributed by atoms with van der Waals surface area (Å²) in [5, 5.41) is 0. The van der Waals surface area contributed by atoms with Gasteiger partial charge in [-0.3, -0.25) is 0 Å². The highest BCUT2D eigenvalue weighted by atomic mass is 32.2. The number of rotatable bonds is 4. The van der Waals surface area contributed by atoms with Crippen LogP contribution in [0.1, 0.15) is 19.3 Å². The number of thioether (sulfide) groups is 1. The van der Waals surface area contributed by atoms with Crippen LogP contribution >= 0.6 is 11.8 Å². The van der Waals surface area contributed by atoms with Crippen LogP contribution < -0.4 is 0 Å². The van der Waals surface area contributed by atoms with Gasteiger partial charge in [0.2, 0.25) is 0 Å². The molecule has 1 aliphatic rings. The summed E-state index contributed by atoms with van der Waals surface area (Å²) in [6, 6.07) is 0. The number of hydrogen-bond donors (Lipinski definition) is 0. The van der Waals surface area contributed by atoms with Gasteiger partial charge in [0.05, 0.1) is 0 Å². The molecule has 0 aromatic carbocycles. The molecule has 0 bridgehead atoms. The first kappa shape index (κ1) is 7.20. The Morgan fingerprint density at radius 2 is 2.33 bits per heavy atom. The predicted octanol–water partition coefficient (Wildman–Crippen LogP) is 2.71. The molecule has 0 aliphatic heterocycles. The van der Waals surface area contributed by atoms with Gasteiger partial charge in [-0.25, -0.2) is 0 Å². The lowest BCUT2D eigenvalue weighted by Gasteiger charge is -2.24. The van der Waals surface area contributed by atoms with Crippen LogP contribution in [0.4, 0.5) is 0 Å². The van der Waals surface area contributed by atoms with Crippen molar-refractivity contribution >= 4 is 11.8 Å². The summed E-state index contributed by atoms with van der Waals surface area (Å²) < 4.78 is 0. The highest BCUT2D eigenvalue weighted by molar-refractivity contribution is 7.99. The summed E-state index contributed by atoms with van der Waals surface area (Å²) in [4.78, 5) is 0. The van der Waals surface area contributed by atoms with Crippen LogP contribution in [0, 0.1) is 5.92 Å². The Morgan fingerprint density at radius 3 is 2.78 bits per heavy atom. The second kappa shape index (κ2) is 3.99. The molecule has 0 N–H and O–H groups in total. The molecule has 0 heterocycles. The predicted molar refractivity (Wildman–Crippen MR) is 44.9 cm³/mol. The van der Waals surface area contributed by atoms with Crippen LogP contribution in [-0.4, -0.2) is 11.5 Å². The molecule has 0 amide bonds. The quantitative estimate of drug-likeness (QED) is 0.429. The van der Waals surface area contributed by atoms with E-state index in [0.717, 1.165) is 11.7 Å². The summed E-state index contributed by atoms with van der Waals surface area (Å²) in [5.41, 5.74) is 0. The van der Waals surface area contributed by atoms with Gasteiger partial charge in [-0.1, -0.05) is 12.5 Å². The lowest BCUT2D eigenvalue weighted by molar-refractivity contribution is 0.353. The van der Waals surface area contributed by atoms with Crippen molar-refractivity contribution in [1.29, 1.82) is 0 Å². The standard InChI is InChI=1S/C8H14S/c1-2-6-9-7-8-4-3-5-8/h2,8H,1,3-7H2. The average Bonchev–Trinajstić information content (AvgIpc) is 1.76. The highest BCUT2D eigenvalue weighted by Gasteiger charge is 2.15. The van der Waals surface area contributed by atoms with Crippen molar-refractivity contribution in [3.05, 3.63) is 12.7 Å². The van der Waals surface area contributed by atoms with Crippen LogP contribution in [0.15, 0.2) is 12.7 Å². The third-order valence-corrected chi connectivity index (χ3v) is 2.99. The van der Waals surface area contributed by atoms with Crippen molar-refractivity contribution in [2.45, 2.75) is 19.3 Å². The van der Waals surface area contributed by atoms with Gasteiger partial charge in [0.1, 0.15) is 0 Å². The zero-order chi connectivity index (χ0) is 6.53. The molecule has 0 spiro atoms. The van der Waals surface area contributed by atoms with Crippen LogP contribution in [0.2, 0.25) is 0 Å². The fourth-order valence-electron chi connectivity index (χ4n) is 0.978. The van der Waals surface area contributed by atoms with Crippen molar-refractivity contribution < 1.29 is 0 Å². The molecule has 52 valence electrons. The maximum atomic E-state index is 3.68. The molecule has 0 atom stereocenters. The van der Waals surface area contributed by atoms with Gasteiger partial charge in [0.25, 0.3) is 0 Å². The lowest BCUT2D eigenvalue weighted by atomic mass is 9.87. The summed E-state index contributed by atoms with van der Waals surface area (Å²) in [5.74, 6) is 3.55. The van der Waals surface area contributed by atoms with Crippen LogP contribution in [0.3, 0.4) is 0 Å². The summed E-state index contributed by atoms with van der Waals surface area (Å²) in [6.45, 7) is 3.68. The second-order valence-electron chi connectivity index (χ2n) is 2.62. The Hall–Kier alpha value is 0.0900. The zero-order valence-electron chi connectivity index (χ0n) is 5.81. The highest BCUT2D eigenvalue weighted by Crippen LogP contribution is 2.29. The van der Waals surface area contributed by atoms with Gasteiger partial charge in [-0.05, 0) is 24.5 Å². The van der Waals surface area contributed by atoms with Gasteiger partial charge >= 0.3 is 0 Å². The van der Waals surface area contributed by atoms with Crippen LogP contribution in [-0.2, 0) is 0 Å². The van der Waals surface area contributed by atoms with Crippen molar-refractivity contribution in [2.75, 3.05) is 11.5 Å². The molecule has 1 rings (SSSR count). The van der Waals surface area contributed by atoms with E-state index in [-0.39, 0.29) is 0 Å². The Balaban J connectivity index is 1.85. The molecule has 0 saturated heterocycles. The molecule has 9 heavy (non-hydrogen) atoms. The minimum atomic E-state index is 1.05. The molecule has 0 aromatic rings. The van der Waals surface area contributed by atoms with E-state index in [1.165, 1.54) is 25.0 Å². The molecule has 1 heteroatoms. The van der Waals surface area contributed by atoms with Gasteiger partial charge in [-0.2, -0.15) is 11.8 Å². The molecule has 0 radical (unpaired) electrons. The molecule has 1 aliphatic carbocycles. The van der Waals surface area contributed by atoms with Crippen LogP contribution in [0.5, 0.6) is 0 Å². The second-order valence-corrected chi connectivity index (χ2v) is 3.70. The van der Waals surface area contributed by atoms with E-state index < -0.39 is 0 Å². The first-order valence-electron chi connectivity index (χ1n) is 3.62. The van der Waals surface area contributed by atoms with E-state index in [4.69, 9.17) is 0 Å². The first-order chi connectivity index (χ1) is 4.43. The summed E-state index contributed by atoms with van der Waals surface area (Å²) >= 11 is 2.02. The molecule has 1 fully saturated rings. The minimum absolute atomic E-state index is 1.05. The maximum absolute atomic E-state index is 3.68. The largest absolute Gasteiger partial charge is 0.158 e. The lowest BCUT2D eigenvalue weighted by Crippen LogP contribution is -2.13. The maximum Gasteiger partial charge on any atom is 0.0110 e. The third kappa shape index (κ3) is 2.44. The third-order valence-electron chi connectivity index (χ3n) is 1.81. The van der Waals surface area contributed by atoms with Gasteiger partial charge in [0, 0.05) is 5.75 Å². The van der Waals surface area contributed by atoms with E-state index in [9.17, 15) is 0 Å². The van der Waals surface area contributed by atoms with E-state index in [1.54, 1.807) is 0 Å². The van der Waals surface area contributed by atoms with Crippen LogP contribution in [0.25, 0.3) is 0 Å². The van der Waals surface area contributed by atoms with Crippen molar-refractivity contribution in [1.82, 2.24) is 0 Å². The average molecular weight is 142 g/mol. The first-order valence-corrected chi connectivity index (χ1v) is 4.77. The van der Waals surface area contributed by atoms with E-state index >= 15 is 0 Å². The fourth-order valence-corrected chi connectivity index (χ4v) is 1.95. The van der Waals surface area contributed by atoms with Crippen molar-refractivity contribution in [3.8, 4) is 0 Å². The summed E-state index contributed by atoms with van der Waals surface area (Å²) in [6.07, 6.45) is 6.41. The topological polar surface area (TPSA) is 0 Å². The molecular formula is C8H14S. The van der Waals surface area contributed by atoms with Gasteiger partial charge < -0.3 is 0 Å². The van der Waals surface area contributed by atoms with E-state index in [1.807, 2.05) is 17.8 Å². The molecule has 1 saturated carbocycles. The van der Waals surface area contributed by atoms with E-state index in [2.05, 4.69) is 6.58 Å². The van der Waals surface area contributed by atoms with E-state index in [0.29, 0.717) is 0 Å². The SMILES string of the molecule is C=CCSCC1CCC1. The normalized spacial score (nSPS) is 19.1. The Bertz CT molecular complexity index is 84.6.